The highest BCUT2D eigenvalue weighted by molar-refractivity contribution is 5.08. The topological polar surface area (TPSA) is 24.7 Å². The van der Waals surface area contributed by atoms with Crippen LogP contribution in [0, 0.1) is 5.92 Å². The van der Waals surface area contributed by atoms with E-state index in [0.29, 0.717) is 0 Å². The molecule has 2 nitrogen and oxygen atoms in total. The van der Waals surface area contributed by atoms with Crippen molar-refractivity contribution >= 4 is 0 Å². The lowest BCUT2D eigenvalue weighted by atomic mass is 9.89. The fourth-order valence-corrected chi connectivity index (χ4v) is 1.69. The Balaban J connectivity index is 2.21. The van der Waals surface area contributed by atoms with Crippen LogP contribution < -0.4 is 0 Å². The molecule has 54 valence electrons. The van der Waals surface area contributed by atoms with Crippen molar-refractivity contribution in [2.75, 3.05) is 6.54 Å². The van der Waals surface area contributed by atoms with Crippen molar-refractivity contribution in [1.29, 1.82) is 0 Å². The Morgan fingerprint density at radius 3 is 3.30 bits per heavy atom. The van der Waals surface area contributed by atoms with E-state index < -0.39 is 0 Å². The fraction of sp³-hybridized carbons (Fsp3) is 0.750. The summed E-state index contributed by atoms with van der Waals surface area (Å²) in [6.45, 7) is 0.946. The molecule has 0 amide bonds. The van der Waals surface area contributed by atoms with E-state index in [1.165, 1.54) is 31.4 Å². The molecule has 2 rings (SSSR count). The zero-order valence-electron chi connectivity index (χ0n) is 6.08. The van der Waals surface area contributed by atoms with E-state index in [1.54, 1.807) is 0 Å². The standard InChI is InChI=1S/C8H12N2/c1-2-4-8-7(3-1)5-6-9-10-8/h4,7H,1-3,5-6H2. The molecule has 0 fully saturated rings. The number of nitrogens with zero attached hydrogens (tertiary/aromatic N) is 2. The summed E-state index contributed by atoms with van der Waals surface area (Å²) in [6, 6.07) is 0. The summed E-state index contributed by atoms with van der Waals surface area (Å²) in [5.74, 6) is 0.756. The minimum absolute atomic E-state index is 0.756. The average molecular weight is 136 g/mol. The molecule has 0 saturated carbocycles. The van der Waals surface area contributed by atoms with E-state index in [0.717, 1.165) is 12.5 Å². The van der Waals surface area contributed by atoms with Gasteiger partial charge in [-0.15, -0.1) is 0 Å². The number of allylic oxidation sites excluding steroid dienone is 2. The molecule has 0 radical (unpaired) electrons. The summed E-state index contributed by atoms with van der Waals surface area (Å²) in [5, 5.41) is 8.16. The van der Waals surface area contributed by atoms with Crippen LogP contribution in [-0.4, -0.2) is 6.54 Å². The molecule has 10 heavy (non-hydrogen) atoms. The second-order valence-electron chi connectivity index (χ2n) is 3.01. The number of hydrogen-bond acceptors (Lipinski definition) is 2. The lowest BCUT2D eigenvalue weighted by Crippen LogP contribution is -2.11. The van der Waals surface area contributed by atoms with E-state index in [-0.39, 0.29) is 0 Å². The molecule has 0 aromatic heterocycles. The highest BCUT2D eigenvalue weighted by Crippen LogP contribution is 2.30. The second-order valence-corrected chi connectivity index (χ2v) is 3.01. The summed E-state index contributed by atoms with van der Waals surface area (Å²) in [4.78, 5) is 0. The van der Waals surface area contributed by atoms with Gasteiger partial charge in [-0.2, -0.15) is 10.2 Å². The Bertz CT molecular complexity index is 182. The molecule has 2 heteroatoms. The van der Waals surface area contributed by atoms with Gasteiger partial charge in [-0.25, -0.2) is 0 Å². The van der Waals surface area contributed by atoms with Crippen molar-refractivity contribution in [2.24, 2.45) is 16.1 Å². The first-order chi connectivity index (χ1) is 4.97. The monoisotopic (exact) mass is 136 g/mol. The van der Waals surface area contributed by atoms with Gasteiger partial charge in [-0.1, -0.05) is 6.08 Å². The molecule has 1 aliphatic heterocycles. The van der Waals surface area contributed by atoms with Gasteiger partial charge in [-0.05, 0) is 25.7 Å². The van der Waals surface area contributed by atoms with Crippen LogP contribution in [0.25, 0.3) is 0 Å². The summed E-state index contributed by atoms with van der Waals surface area (Å²) in [5.41, 5.74) is 1.26. The van der Waals surface area contributed by atoms with E-state index >= 15 is 0 Å². The Kier molecular flexibility index (Phi) is 1.53. The molecule has 1 unspecified atom stereocenters. The smallest absolute Gasteiger partial charge is 0.0618 e. The third kappa shape index (κ3) is 0.981. The first-order valence-electron chi connectivity index (χ1n) is 4.04. The molecule has 0 aromatic rings. The molecule has 0 spiro atoms. The Morgan fingerprint density at radius 2 is 2.40 bits per heavy atom. The summed E-state index contributed by atoms with van der Waals surface area (Å²) in [7, 11) is 0. The average Bonchev–Trinajstić information content (AvgIpc) is 2.05. The Hall–Kier alpha value is -0.660. The lowest BCUT2D eigenvalue weighted by molar-refractivity contribution is 0.448. The van der Waals surface area contributed by atoms with Crippen LogP contribution in [-0.2, 0) is 0 Å². The summed E-state index contributed by atoms with van der Waals surface area (Å²) < 4.78 is 0. The lowest BCUT2D eigenvalue weighted by Gasteiger charge is -2.22. The first-order valence-corrected chi connectivity index (χ1v) is 4.04. The zero-order chi connectivity index (χ0) is 6.81. The molecule has 2 aliphatic rings. The minimum atomic E-state index is 0.756. The normalized spacial score (nSPS) is 31.2. The fourth-order valence-electron chi connectivity index (χ4n) is 1.69. The molecule has 0 saturated heterocycles. The Labute approximate surface area is 61.0 Å². The highest BCUT2D eigenvalue weighted by Gasteiger charge is 2.19. The van der Waals surface area contributed by atoms with Gasteiger partial charge in [0, 0.05) is 5.92 Å². The van der Waals surface area contributed by atoms with Crippen LogP contribution >= 0.6 is 0 Å². The molecule has 1 atom stereocenters. The van der Waals surface area contributed by atoms with Crippen LogP contribution in [0.3, 0.4) is 0 Å². The summed E-state index contributed by atoms with van der Waals surface area (Å²) in [6.07, 6.45) is 7.38. The van der Waals surface area contributed by atoms with Gasteiger partial charge in [0.25, 0.3) is 0 Å². The van der Waals surface area contributed by atoms with Gasteiger partial charge >= 0.3 is 0 Å². The van der Waals surface area contributed by atoms with Crippen molar-refractivity contribution in [3.8, 4) is 0 Å². The molecule has 0 N–H and O–H groups in total. The van der Waals surface area contributed by atoms with E-state index in [4.69, 9.17) is 0 Å². The molecular formula is C8H12N2. The predicted molar refractivity (Wildman–Crippen MR) is 39.8 cm³/mol. The van der Waals surface area contributed by atoms with Crippen LogP contribution in [0.2, 0.25) is 0 Å². The maximum absolute atomic E-state index is 4.14. The summed E-state index contributed by atoms with van der Waals surface area (Å²) >= 11 is 0. The Morgan fingerprint density at radius 1 is 1.40 bits per heavy atom. The number of fused-ring (bicyclic) bond motifs is 1. The molecule has 1 aliphatic carbocycles. The predicted octanol–water partition coefficient (Wildman–Crippen LogP) is 2.53. The van der Waals surface area contributed by atoms with Crippen LogP contribution in [0.5, 0.6) is 0 Å². The molecule has 0 bridgehead atoms. The molecular weight excluding hydrogens is 124 g/mol. The third-order valence-electron chi connectivity index (χ3n) is 2.29. The minimum Gasteiger partial charge on any atom is -0.189 e. The molecule has 0 aromatic carbocycles. The first kappa shape index (κ1) is 6.08. The van der Waals surface area contributed by atoms with Crippen molar-refractivity contribution in [3.63, 3.8) is 0 Å². The van der Waals surface area contributed by atoms with Crippen LogP contribution in [0.15, 0.2) is 22.0 Å². The van der Waals surface area contributed by atoms with Gasteiger partial charge in [-0.3, -0.25) is 0 Å². The van der Waals surface area contributed by atoms with E-state index in [2.05, 4.69) is 16.3 Å². The number of rotatable bonds is 0. The molecule has 1 heterocycles. The van der Waals surface area contributed by atoms with Gasteiger partial charge < -0.3 is 0 Å². The SMILES string of the molecule is C1=C2N=NCCC2CCC1. The maximum atomic E-state index is 4.14. The van der Waals surface area contributed by atoms with E-state index in [1.807, 2.05) is 0 Å². The van der Waals surface area contributed by atoms with Crippen molar-refractivity contribution in [1.82, 2.24) is 0 Å². The largest absolute Gasteiger partial charge is 0.189 e. The van der Waals surface area contributed by atoms with Crippen molar-refractivity contribution in [3.05, 3.63) is 11.8 Å². The zero-order valence-corrected chi connectivity index (χ0v) is 6.08. The maximum Gasteiger partial charge on any atom is 0.0618 e. The second kappa shape index (κ2) is 2.52. The third-order valence-corrected chi connectivity index (χ3v) is 2.29. The van der Waals surface area contributed by atoms with E-state index in [9.17, 15) is 0 Å². The van der Waals surface area contributed by atoms with Gasteiger partial charge in [0.15, 0.2) is 0 Å². The highest BCUT2D eigenvalue weighted by atomic mass is 15.1. The van der Waals surface area contributed by atoms with Crippen molar-refractivity contribution in [2.45, 2.75) is 25.7 Å². The van der Waals surface area contributed by atoms with Crippen LogP contribution in [0.4, 0.5) is 0 Å². The van der Waals surface area contributed by atoms with Gasteiger partial charge in [0.1, 0.15) is 0 Å². The quantitative estimate of drug-likeness (QED) is 0.489. The van der Waals surface area contributed by atoms with Gasteiger partial charge in [0.2, 0.25) is 0 Å². The number of azo groups is 1. The van der Waals surface area contributed by atoms with Crippen molar-refractivity contribution < 1.29 is 0 Å². The van der Waals surface area contributed by atoms with Gasteiger partial charge in [0.05, 0.1) is 12.2 Å². The van der Waals surface area contributed by atoms with Crippen LogP contribution in [0.1, 0.15) is 25.7 Å². The number of hydrogen-bond donors (Lipinski definition) is 0.